The van der Waals surface area contributed by atoms with Gasteiger partial charge < -0.3 is 4.98 Å². The zero-order chi connectivity index (χ0) is 14.0. The molecule has 2 aromatic rings. The Bertz CT molecular complexity index is 611. The summed E-state index contributed by atoms with van der Waals surface area (Å²) in [5.41, 5.74) is 2.66. The maximum absolute atomic E-state index is 12.2. The number of ketones is 2. The van der Waals surface area contributed by atoms with Crippen LogP contribution in [0.1, 0.15) is 46.0 Å². The largest absolute Gasteiger partial charge is 0.355 e. The Morgan fingerprint density at radius 3 is 2.68 bits per heavy atom. The van der Waals surface area contributed by atoms with Gasteiger partial charge in [-0.15, -0.1) is 5.10 Å². The number of hydrogen-bond donors (Lipinski definition) is 1. The standard InChI is InChI=1S/C13H16N4O2/c1-4-10-12(9(3)18)8(2)15-13(10)11(19)7-17-6-5-14-16-17/h5-6,15H,4,7H2,1-3H3. The van der Waals surface area contributed by atoms with Crippen molar-refractivity contribution in [3.05, 3.63) is 34.9 Å². The van der Waals surface area contributed by atoms with E-state index in [9.17, 15) is 9.59 Å². The fraction of sp³-hybridized carbons (Fsp3) is 0.385. The third-order valence-corrected chi connectivity index (χ3v) is 3.05. The molecule has 0 saturated carbocycles. The summed E-state index contributed by atoms with van der Waals surface area (Å²) in [6.07, 6.45) is 3.79. The zero-order valence-electron chi connectivity index (χ0n) is 11.2. The lowest BCUT2D eigenvalue weighted by Crippen LogP contribution is -2.13. The average molecular weight is 260 g/mol. The van der Waals surface area contributed by atoms with Crippen molar-refractivity contribution in [2.45, 2.75) is 33.7 Å². The summed E-state index contributed by atoms with van der Waals surface area (Å²) in [7, 11) is 0. The van der Waals surface area contributed by atoms with E-state index < -0.39 is 0 Å². The minimum atomic E-state index is -0.0991. The van der Waals surface area contributed by atoms with Crippen LogP contribution in [0.25, 0.3) is 0 Å². The van der Waals surface area contributed by atoms with Gasteiger partial charge in [-0.05, 0) is 25.8 Å². The topological polar surface area (TPSA) is 80.6 Å². The molecular formula is C13H16N4O2. The molecule has 0 atom stereocenters. The van der Waals surface area contributed by atoms with Gasteiger partial charge in [-0.1, -0.05) is 12.1 Å². The molecule has 0 aromatic carbocycles. The third kappa shape index (κ3) is 2.47. The van der Waals surface area contributed by atoms with E-state index >= 15 is 0 Å². The molecule has 0 fully saturated rings. The van der Waals surface area contributed by atoms with Gasteiger partial charge in [-0.2, -0.15) is 0 Å². The molecule has 100 valence electrons. The number of nitrogens with one attached hydrogen (secondary N) is 1. The Kier molecular flexibility index (Phi) is 3.59. The van der Waals surface area contributed by atoms with Crippen molar-refractivity contribution in [2.24, 2.45) is 0 Å². The van der Waals surface area contributed by atoms with Crippen molar-refractivity contribution < 1.29 is 9.59 Å². The van der Waals surface area contributed by atoms with E-state index in [2.05, 4.69) is 15.3 Å². The molecule has 2 aromatic heterocycles. The fourth-order valence-electron chi connectivity index (χ4n) is 2.29. The first-order chi connectivity index (χ1) is 9.04. The predicted molar refractivity (Wildman–Crippen MR) is 69.3 cm³/mol. The number of aryl methyl sites for hydroxylation is 1. The number of carbonyl (C=O) groups excluding carboxylic acids is 2. The quantitative estimate of drug-likeness (QED) is 0.827. The van der Waals surface area contributed by atoms with Crippen molar-refractivity contribution in [2.75, 3.05) is 0 Å². The minimum absolute atomic E-state index is 0.0228. The number of carbonyl (C=O) groups is 2. The summed E-state index contributed by atoms with van der Waals surface area (Å²) in [6, 6.07) is 0. The minimum Gasteiger partial charge on any atom is -0.355 e. The van der Waals surface area contributed by atoms with Gasteiger partial charge in [0.05, 0.1) is 11.9 Å². The Balaban J connectivity index is 2.37. The predicted octanol–water partition coefficient (Wildman–Crippen LogP) is 1.56. The first kappa shape index (κ1) is 13.2. The molecule has 0 aliphatic rings. The van der Waals surface area contributed by atoms with E-state index in [1.54, 1.807) is 6.20 Å². The number of nitrogens with zero attached hydrogens (tertiary/aromatic N) is 3. The molecule has 6 nitrogen and oxygen atoms in total. The molecule has 2 rings (SSSR count). The molecule has 0 spiro atoms. The number of aromatic nitrogens is 4. The second-order valence-corrected chi connectivity index (χ2v) is 4.41. The van der Waals surface area contributed by atoms with Gasteiger partial charge in [0.15, 0.2) is 5.78 Å². The lowest BCUT2D eigenvalue weighted by Gasteiger charge is -2.03. The maximum Gasteiger partial charge on any atom is 0.200 e. The van der Waals surface area contributed by atoms with Crippen LogP contribution in [-0.4, -0.2) is 31.5 Å². The van der Waals surface area contributed by atoms with Crippen molar-refractivity contribution in [3.8, 4) is 0 Å². The Morgan fingerprint density at radius 1 is 1.42 bits per heavy atom. The van der Waals surface area contributed by atoms with Crippen LogP contribution >= 0.6 is 0 Å². The summed E-state index contributed by atoms with van der Waals surface area (Å²) in [5, 5.41) is 7.43. The summed E-state index contributed by atoms with van der Waals surface area (Å²) in [4.78, 5) is 26.9. The monoisotopic (exact) mass is 260 g/mol. The second kappa shape index (κ2) is 5.17. The van der Waals surface area contributed by atoms with Gasteiger partial charge in [-0.25, -0.2) is 4.68 Å². The molecule has 0 bridgehead atoms. The average Bonchev–Trinajstić information content (AvgIpc) is 2.95. The molecule has 0 saturated heterocycles. The van der Waals surface area contributed by atoms with Crippen molar-refractivity contribution >= 4 is 11.6 Å². The first-order valence-electron chi connectivity index (χ1n) is 6.14. The van der Waals surface area contributed by atoms with Gasteiger partial charge in [0, 0.05) is 17.5 Å². The Morgan fingerprint density at radius 2 is 2.16 bits per heavy atom. The highest BCUT2D eigenvalue weighted by atomic mass is 16.1. The number of aromatic amines is 1. The molecule has 0 unspecified atom stereocenters. The van der Waals surface area contributed by atoms with Gasteiger partial charge in [0.1, 0.15) is 6.54 Å². The van der Waals surface area contributed by atoms with E-state index in [4.69, 9.17) is 0 Å². The van der Waals surface area contributed by atoms with Crippen molar-refractivity contribution in [1.29, 1.82) is 0 Å². The molecule has 0 radical (unpaired) electrons. The molecule has 2 heterocycles. The van der Waals surface area contributed by atoms with Crippen LogP contribution in [0.5, 0.6) is 0 Å². The van der Waals surface area contributed by atoms with Gasteiger partial charge in [0.2, 0.25) is 5.78 Å². The van der Waals surface area contributed by atoms with E-state index in [1.165, 1.54) is 17.8 Å². The van der Waals surface area contributed by atoms with E-state index in [0.29, 0.717) is 17.7 Å². The number of rotatable bonds is 5. The van der Waals surface area contributed by atoms with Crippen LogP contribution < -0.4 is 0 Å². The maximum atomic E-state index is 12.2. The van der Waals surface area contributed by atoms with Crippen LogP contribution in [0.4, 0.5) is 0 Å². The lowest BCUT2D eigenvalue weighted by atomic mass is 10.0. The Hall–Kier alpha value is -2.24. The van der Waals surface area contributed by atoms with Gasteiger partial charge in [-0.3, -0.25) is 9.59 Å². The second-order valence-electron chi connectivity index (χ2n) is 4.41. The lowest BCUT2D eigenvalue weighted by molar-refractivity contribution is 0.0961. The fourth-order valence-corrected chi connectivity index (χ4v) is 2.29. The molecule has 1 N–H and O–H groups in total. The summed E-state index contributed by atoms with van der Waals surface area (Å²) >= 11 is 0. The van der Waals surface area contributed by atoms with E-state index in [1.807, 2.05) is 13.8 Å². The van der Waals surface area contributed by atoms with Crippen molar-refractivity contribution in [1.82, 2.24) is 20.0 Å². The first-order valence-corrected chi connectivity index (χ1v) is 6.14. The van der Waals surface area contributed by atoms with Gasteiger partial charge >= 0.3 is 0 Å². The Labute approximate surface area is 110 Å². The molecule has 0 amide bonds. The number of Topliss-reactive ketones (excluding diaryl/α,β-unsaturated/α-hetero) is 2. The van der Waals surface area contributed by atoms with Crippen LogP contribution in [0.2, 0.25) is 0 Å². The molecule has 19 heavy (non-hydrogen) atoms. The zero-order valence-corrected chi connectivity index (χ0v) is 11.2. The molecular weight excluding hydrogens is 244 g/mol. The highest BCUT2D eigenvalue weighted by Crippen LogP contribution is 2.21. The summed E-state index contributed by atoms with van der Waals surface area (Å²) in [6.45, 7) is 5.37. The molecule has 6 heteroatoms. The van der Waals surface area contributed by atoms with E-state index in [0.717, 1.165) is 11.3 Å². The van der Waals surface area contributed by atoms with Crippen LogP contribution in [0.3, 0.4) is 0 Å². The third-order valence-electron chi connectivity index (χ3n) is 3.05. The van der Waals surface area contributed by atoms with Crippen LogP contribution in [0.15, 0.2) is 12.4 Å². The SMILES string of the molecule is CCc1c(C(=O)Cn2ccnn2)[nH]c(C)c1C(C)=O. The normalized spacial score (nSPS) is 10.7. The number of hydrogen-bond acceptors (Lipinski definition) is 4. The van der Waals surface area contributed by atoms with Crippen LogP contribution in [-0.2, 0) is 13.0 Å². The highest BCUT2D eigenvalue weighted by Gasteiger charge is 2.21. The molecule has 0 aliphatic heterocycles. The highest BCUT2D eigenvalue weighted by molar-refractivity contribution is 6.03. The van der Waals surface area contributed by atoms with Crippen molar-refractivity contribution in [3.63, 3.8) is 0 Å². The summed E-state index contributed by atoms with van der Waals surface area (Å²) < 4.78 is 1.46. The smallest absolute Gasteiger partial charge is 0.200 e. The number of H-pyrrole nitrogens is 1. The van der Waals surface area contributed by atoms with Gasteiger partial charge in [0.25, 0.3) is 0 Å². The van der Waals surface area contributed by atoms with Crippen LogP contribution in [0, 0.1) is 6.92 Å². The van der Waals surface area contributed by atoms with E-state index in [-0.39, 0.29) is 18.1 Å². The molecule has 0 aliphatic carbocycles. The summed E-state index contributed by atoms with van der Waals surface area (Å²) in [5.74, 6) is -0.122.